The van der Waals surface area contributed by atoms with Gasteiger partial charge in [-0.25, -0.2) is 20.2 Å². The first-order valence-corrected chi connectivity index (χ1v) is 12.5. The first kappa shape index (κ1) is 27.2. The van der Waals surface area contributed by atoms with E-state index < -0.39 is 23.5 Å². The Morgan fingerprint density at radius 1 is 1.35 bits per heavy atom. The predicted octanol–water partition coefficient (Wildman–Crippen LogP) is 1.24. The largest absolute Gasteiger partial charge is 0.458 e. The maximum absolute atomic E-state index is 13.5. The van der Waals surface area contributed by atoms with Crippen LogP contribution in [-0.4, -0.2) is 48.8 Å². The van der Waals surface area contributed by atoms with Gasteiger partial charge in [-0.05, 0) is 18.6 Å². The van der Waals surface area contributed by atoms with Crippen molar-refractivity contribution in [3.05, 3.63) is 81.2 Å². The lowest BCUT2D eigenvalue weighted by atomic mass is 9.86. The number of ether oxygens (including phenoxy) is 1. The van der Waals surface area contributed by atoms with Gasteiger partial charge >= 0.3 is 5.97 Å². The zero-order chi connectivity index (χ0) is 27.3. The lowest BCUT2D eigenvalue weighted by Gasteiger charge is -2.31. The summed E-state index contributed by atoms with van der Waals surface area (Å²) in [6.07, 6.45) is 4.97. The highest BCUT2D eigenvalue weighted by Crippen LogP contribution is 2.39. The number of hydrazone groups is 1. The Bertz CT molecular complexity index is 1730. The predicted molar refractivity (Wildman–Crippen MR) is 148 cm³/mol. The van der Waals surface area contributed by atoms with E-state index in [9.17, 15) is 19.5 Å². The fourth-order valence-corrected chi connectivity index (χ4v) is 5.18. The number of hydrogen-bond acceptors (Lipinski definition) is 9. The van der Waals surface area contributed by atoms with Crippen molar-refractivity contribution in [2.75, 3.05) is 0 Å². The second-order valence-electron chi connectivity index (χ2n) is 9.59. The Labute approximate surface area is 233 Å². The van der Waals surface area contributed by atoms with Gasteiger partial charge in [0.2, 0.25) is 0 Å². The van der Waals surface area contributed by atoms with Crippen LogP contribution in [0, 0.1) is 0 Å². The van der Waals surface area contributed by atoms with E-state index in [-0.39, 0.29) is 55.1 Å². The number of nitrogens with two attached hydrogens (primary N) is 1. The standard InChI is InChI=1S/C27H25N7O5.ClH/c1-2-27(38)19-8-22-23-17(11-34(22)25(36)18(19)12-39-26(27)37)16(15-5-3-4-6-21(15)32-23)10-31-33-24(35)20(28)7-14-9-29-13-30-14;/h3-6,8-10,13,20,38H,2,7,11-12,28H2,1H3,(H,29,30)(H,33,35);1H/b31-10-;/t20?,27-;/m0./s1. The van der Waals surface area contributed by atoms with Gasteiger partial charge in [0.1, 0.15) is 6.61 Å². The highest BCUT2D eigenvalue weighted by Gasteiger charge is 2.45. The van der Waals surface area contributed by atoms with Crippen LogP contribution in [0.2, 0.25) is 0 Å². The van der Waals surface area contributed by atoms with Gasteiger partial charge in [-0.2, -0.15) is 5.10 Å². The molecule has 13 heteroatoms. The van der Waals surface area contributed by atoms with E-state index in [2.05, 4.69) is 20.5 Å². The molecule has 2 aliphatic rings. The van der Waals surface area contributed by atoms with Crippen molar-refractivity contribution in [2.45, 2.75) is 44.6 Å². The number of aromatic nitrogens is 4. The van der Waals surface area contributed by atoms with Crippen LogP contribution in [0.5, 0.6) is 0 Å². The molecule has 1 amide bonds. The Hall–Kier alpha value is -4.39. The molecule has 40 heavy (non-hydrogen) atoms. The van der Waals surface area contributed by atoms with Crippen molar-refractivity contribution in [3.8, 4) is 11.4 Å². The van der Waals surface area contributed by atoms with Gasteiger partial charge in [0.05, 0.1) is 47.6 Å². The third-order valence-corrected chi connectivity index (χ3v) is 7.34. The molecule has 5 N–H and O–H groups in total. The molecular formula is C27H26ClN7O5. The van der Waals surface area contributed by atoms with Crippen LogP contribution < -0.4 is 16.7 Å². The molecule has 12 nitrogen and oxygen atoms in total. The number of carbonyl (C=O) groups is 2. The molecule has 1 aromatic carbocycles. The van der Waals surface area contributed by atoms with E-state index in [1.165, 1.54) is 12.5 Å². The molecule has 1 unspecified atom stereocenters. The molecule has 0 saturated carbocycles. The molecule has 0 aliphatic carbocycles. The summed E-state index contributed by atoms with van der Waals surface area (Å²) < 4.78 is 6.70. The fourth-order valence-electron chi connectivity index (χ4n) is 5.18. The average Bonchev–Trinajstić information content (AvgIpc) is 3.58. The second kappa shape index (κ2) is 10.3. The number of hydrogen-bond donors (Lipinski definition) is 4. The third kappa shape index (κ3) is 4.26. The number of nitrogens with one attached hydrogen (secondary N) is 2. The van der Waals surface area contributed by atoms with Gasteiger partial charge in [-0.3, -0.25) is 9.59 Å². The Morgan fingerprint density at radius 3 is 2.90 bits per heavy atom. The summed E-state index contributed by atoms with van der Waals surface area (Å²) in [6.45, 7) is 1.65. The summed E-state index contributed by atoms with van der Waals surface area (Å²) in [4.78, 5) is 50.2. The van der Waals surface area contributed by atoms with Crippen molar-refractivity contribution in [3.63, 3.8) is 0 Å². The monoisotopic (exact) mass is 563 g/mol. The number of aromatic amines is 1. The van der Waals surface area contributed by atoms with Crippen molar-refractivity contribution < 1.29 is 19.4 Å². The topological polar surface area (TPSA) is 178 Å². The number of H-pyrrole nitrogens is 1. The molecule has 206 valence electrons. The number of pyridine rings is 2. The van der Waals surface area contributed by atoms with E-state index >= 15 is 0 Å². The minimum Gasteiger partial charge on any atom is -0.458 e. The van der Waals surface area contributed by atoms with E-state index in [1.54, 1.807) is 23.8 Å². The summed E-state index contributed by atoms with van der Waals surface area (Å²) in [5, 5.41) is 16.1. The van der Waals surface area contributed by atoms with Gasteiger partial charge in [0.25, 0.3) is 11.5 Å². The van der Waals surface area contributed by atoms with Gasteiger partial charge in [0, 0.05) is 40.4 Å². The molecule has 0 saturated heterocycles. The minimum absolute atomic E-state index is 0. The van der Waals surface area contributed by atoms with E-state index in [0.29, 0.717) is 22.5 Å². The molecule has 3 aromatic heterocycles. The Kier molecular flexibility index (Phi) is 7.00. The molecule has 2 atom stereocenters. The number of aliphatic hydroxyl groups is 1. The number of cyclic esters (lactones) is 1. The average molecular weight is 564 g/mol. The molecule has 6 rings (SSSR count). The summed E-state index contributed by atoms with van der Waals surface area (Å²) in [6, 6.07) is 8.26. The highest BCUT2D eigenvalue weighted by molar-refractivity contribution is 6.02. The molecule has 0 radical (unpaired) electrons. The number of para-hydroxylation sites is 1. The number of fused-ring (bicyclic) bond motifs is 5. The zero-order valence-corrected chi connectivity index (χ0v) is 22.2. The fraction of sp³-hybridized carbons (Fsp3) is 0.259. The first-order chi connectivity index (χ1) is 18.8. The van der Waals surface area contributed by atoms with Crippen LogP contribution in [0.1, 0.15) is 41.3 Å². The van der Waals surface area contributed by atoms with Crippen LogP contribution >= 0.6 is 12.4 Å². The summed E-state index contributed by atoms with van der Waals surface area (Å²) >= 11 is 0. The number of amides is 1. The number of nitrogens with zero attached hydrogens (tertiary/aromatic N) is 4. The number of rotatable bonds is 6. The molecular weight excluding hydrogens is 538 g/mol. The quantitative estimate of drug-likeness (QED) is 0.135. The molecule has 5 heterocycles. The van der Waals surface area contributed by atoms with Crippen LogP contribution in [0.25, 0.3) is 22.3 Å². The molecule has 4 aromatic rings. The molecule has 0 spiro atoms. The maximum atomic E-state index is 13.5. The first-order valence-electron chi connectivity index (χ1n) is 12.5. The van der Waals surface area contributed by atoms with Gasteiger partial charge < -0.3 is 25.1 Å². The number of benzene rings is 1. The maximum Gasteiger partial charge on any atom is 0.343 e. The lowest BCUT2D eigenvalue weighted by molar-refractivity contribution is -0.172. The van der Waals surface area contributed by atoms with Crippen molar-refractivity contribution in [2.24, 2.45) is 10.8 Å². The van der Waals surface area contributed by atoms with Crippen LogP contribution in [0.15, 0.2) is 52.8 Å². The Morgan fingerprint density at radius 2 is 2.15 bits per heavy atom. The van der Waals surface area contributed by atoms with Crippen molar-refractivity contribution in [1.82, 2.24) is 24.9 Å². The second-order valence-corrected chi connectivity index (χ2v) is 9.59. The number of halogens is 1. The normalized spacial score (nSPS) is 18.0. The minimum atomic E-state index is -1.91. The van der Waals surface area contributed by atoms with Gasteiger partial charge in [-0.15, -0.1) is 12.4 Å². The summed E-state index contributed by atoms with van der Waals surface area (Å²) in [7, 11) is 0. The van der Waals surface area contributed by atoms with Crippen LogP contribution in [0.4, 0.5) is 0 Å². The van der Waals surface area contributed by atoms with E-state index in [1.807, 2.05) is 24.3 Å². The van der Waals surface area contributed by atoms with Crippen LogP contribution in [-0.2, 0) is 39.5 Å². The number of imidazole rings is 1. The number of carbonyl (C=O) groups excluding carboxylic acids is 2. The Balaban J connectivity index is 0.00000323. The molecule has 2 aliphatic heterocycles. The van der Waals surface area contributed by atoms with Crippen molar-refractivity contribution >= 4 is 41.4 Å². The molecule has 0 bridgehead atoms. The lowest BCUT2D eigenvalue weighted by Crippen LogP contribution is -2.44. The van der Waals surface area contributed by atoms with Gasteiger partial charge in [0.15, 0.2) is 5.60 Å². The van der Waals surface area contributed by atoms with Gasteiger partial charge in [-0.1, -0.05) is 25.1 Å². The number of esters is 1. The summed E-state index contributed by atoms with van der Waals surface area (Å²) in [5.74, 6) is -1.24. The zero-order valence-electron chi connectivity index (χ0n) is 21.4. The smallest absolute Gasteiger partial charge is 0.343 e. The van der Waals surface area contributed by atoms with E-state index in [4.69, 9.17) is 15.5 Å². The van der Waals surface area contributed by atoms with Crippen molar-refractivity contribution in [1.29, 1.82) is 0 Å². The highest BCUT2D eigenvalue weighted by atomic mass is 35.5. The van der Waals surface area contributed by atoms with Crippen LogP contribution in [0.3, 0.4) is 0 Å². The summed E-state index contributed by atoms with van der Waals surface area (Å²) in [5.41, 5.74) is 10.5. The SMILES string of the molecule is CC[C@@]1(O)C(=O)OCc2c1cc1n(c2=O)Cc2c-1nc1ccccc1c2/C=N\NC(=O)C(N)Cc1cnc[nH]1.Cl. The van der Waals surface area contributed by atoms with E-state index in [0.717, 1.165) is 16.6 Å². The third-order valence-electron chi connectivity index (χ3n) is 7.34. The molecule has 0 fully saturated rings.